The first-order chi connectivity index (χ1) is 9.70. The quantitative estimate of drug-likeness (QED) is 0.890. The molecule has 1 aliphatic rings. The van der Waals surface area contributed by atoms with E-state index in [9.17, 15) is 0 Å². The van der Waals surface area contributed by atoms with Crippen LogP contribution in [0.25, 0.3) is 0 Å². The lowest BCUT2D eigenvalue weighted by molar-refractivity contribution is 0.257. The number of benzene rings is 1. The third kappa shape index (κ3) is 4.32. The molecular weight excluding hydrogens is 244 g/mol. The van der Waals surface area contributed by atoms with Gasteiger partial charge in [0.2, 0.25) is 0 Å². The van der Waals surface area contributed by atoms with Gasteiger partial charge in [-0.1, -0.05) is 44.2 Å². The van der Waals surface area contributed by atoms with Crippen molar-refractivity contribution in [3.05, 3.63) is 35.9 Å². The average molecular weight is 274 g/mol. The van der Waals surface area contributed by atoms with Crippen molar-refractivity contribution < 1.29 is 0 Å². The van der Waals surface area contributed by atoms with Crippen molar-refractivity contribution in [2.75, 3.05) is 26.2 Å². The SMILES string of the molecule is CC(C)C1CCCN(CC(CN)c2ccccc2)CC1. The molecule has 0 bridgehead atoms. The number of likely N-dealkylation sites (tertiary alicyclic amines) is 1. The van der Waals surface area contributed by atoms with Crippen molar-refractivity contribution in [1.29, 1.82) is 0 Å². The van der Waals surface area contributed by atoms with E-state index in [-0.39, 0.29) is 0 Å². The summed E-state index contributed by atoms with van der Waals surface area (Å²) in [5.74, 6) is 2.22. The molecule has 1 heterocycles. The van der Waals surface area contributed by atoms with Gasteiger partial charge in [-0.15, -0.1) is 0 Å². The van der Waals surface area contributed by atoms with Crippen LogP contribution in [0.1, 0.15) is 44.6 Å². The Morgan fingerprint density at radius 2 is 1.90 bits per heavy atom. The molecule has 2 atom stereocenters. The maximum atomic E-state index is 6.01. The minimum absolute atomic E-state index is 0.479. The summed E-state index contributed by atoms with van der Waals surface area (Å²) in [7, 11) is 0. The van der Waals surface area contributed by atoms with Crippen LogP contribution in [0.3, 0.4) is 0 Å². The van der Waals surface area contributed by atoms with Gasteiger partial charge in [-0.2, -0.15) is 0 Å². The summed E-state index contributed by atoms with van der Waals surface area (Å²) in [6, 6.07) is 10.7. The van der Waals surface area contributed by atoms with Crippen LogP contribution in [-0.2, 0) is 0 Å². The highest BCUT2D eigenvalue weighted by Gasteiger charge is 2.21. The van der Waals surface area contributed by atoms with Crippen LogP contribution in [0.2, 0.25) is 0 Å². The summed E-state index contributed by atoms with van der Waals surface area (Å²) < 4.78 is 0. The van der Waals surface area contributed by atoms with Gasteiger partial charge in [0.25, 0.3) is 0 Å². The zero-order valence-corrected chi connectivity index (χ0v) is 13.1. The lowest BCUT2D eigenvalue weighted by Crippen LogP contribution is -2.32. The van der Waals surface area contributed by atoms with Crippen molar-refractivity contribution in [3.63, 3.8) is 0 Å². The highest BCUT2D eigenvalue weighted by atomic mass is 15.1. The molecule has 0 aromatic heterocycles. The zero-order valence-electron chi connectivity index (χ0n) is 13.1. The Hall–Kier alpha value is -0.860. The lowest BCUT2D eigenvalue weighted by atomic mass is 9.89. The minimum Gasteiger partial charge on any atom is -0.330 e. The van der Waals surface area contributed by atoms with E-state index in [1.165, 1.54) is 37.9 Å². The van der Waals surface area contributed by atoms with Crippen molar-refractivity contribution >= 4 is 0 Å². The van der Waals surface area contributed by atoms with Gasteiger partial charge in [0.05, 0.1) is 0 Å². The molecule has 0 saturated carbocycles. The van der Waals surface area contributed by atoms with E-state index in [0.717, 1.165) is 24.9 Å². The molecule has 0 amide bonds. The van der Waals surface area contributed by atoms with E-state index < -0.39 is 0 Å². The van der Waals surface area contributed by atoms with Crippen LogP contribution in [0.5, 0.6) is 0 Å². The normalized spacial score (nSPS) is 22.7. The van der Waals surface area contributed by atoms with Crippen LogP contribution in [0.15, 0.2) is 30.3 Å². The number of nitrogens with zero attached hydrogens (tertiary/aromatic N) is 1. The molecule has 20 heavy (non-hydrogen) atoms. The summed E-state index contributed by atoms with van der Waals surface area (Å²) in [5.41, 5.74) is 7.40. The molecule has 0 aliphatic carbocycles. The van der Waals surface area contributed by atoms with Gasteiger partial charge < -0.3 is 10.6 Å². The molecule has 2 heteroatoms. The second-order valence-corrected chi connectivity index (χ2v) is 6.58. The van der Waals surface area contributed by atoms with Crippen molar-refractivity contribution in [2.24, 2.45) is 17.6 Å². The zero-order chi connectivity index (χ0) is 14.4. The summed E-state index contributed by atoms with van der Waals surface area (Å²) in [5, 5.41) is 0. The molecule has 0 spiro atoms. The van der Waals surface area contributed by atoms with Crippen molar-refractivity contribution in [1.82, 2.24) is 4.90 Å². The van der Waals surface area contributed by atoms with E-state index in [1.54, 1.807) is 0 Å². The van der Waals surface area contributed by atoms with Crippen LogP contribution >= 0.6 is 0 Å². The molecule has 2 unspecified atom stereocenters. The Balaban J connectivity index is 1.91. The summed E-state index contributed by atoms with van der Waals surface area (Å²) in [6.07, 6.45) is 4.09. The van der Waals surface area contributed by atoms with Crippen LogP contribution in [-0.4, -0.2) is 31.1 Å². The monoisotopic (exact) mass is 274 g/mol. The van der Waals surface area contributed by atoms with Gasteiger partial charge in [0, 0.05) is 19.0 Å². The van der Waals surface area contributed by atoms with Gasteiger partial charge in [-0.3, -0.25) is 0 Å². The highest BCUT2D eigenvalue weighted by molar-refractivity contribution is 5.20. The van der Waals surface area contributed by atoms with Gasteiger partial charge in [-0.05, 0) is 49.8 Å². The molecular formula is C18H30N2. The molecule has 1 fully saturated rings. The van der Waals surface area contributed by atoms with Crippen molar-refractivity contribution in [2.45, 2.75) is 39.0 Å². The molecule has 0 radical (unpaired) electrons. The fraction of sp³-hybridized carbons (Fsp3) is 0.667. The second-order valence-electron chi connectivity index (χ2n) is 6.58. The molecule has 2 rings (SSSR count). The lowest BCUT2D eigenvalue weighted by Gasteiger charge is -2.26. The first-order valence-electron chi connectivity index (χ1n) is 8.18. The van der Waals surface area contributed by atoms with Gasteiger partial charge >= 0.3 is 0 Å². The number of rotatable bonds is 5. The molecule has 2 nitrogen and oxygen atoms in total. The Morgan fingerprint density at radius 1 is 1.15 bits per heavy atom. The van der Waals surface area contributed by atoms with Crippen LogP contribution < -0.4 is 5.73 Å². The Kier molecular flexibility index (Phi) is 6.06. The topological polar surface area (TPSA) is 29.3 Å². The maximum Gasteiger partial charge on any atom is 0.00888 e. The smallest absolute Gasteiger partial charge is 0.00888 e. The Labute approximate surface area is 124 Å². The number of nitrogens with two attached hydrogens (primary N) is 1. The fourth-order valence-corrected chi connectivity index (χ4v) is 3.38. The Morgan fingerprint density at radius 3 is 2.55 bits per heavy atom. The maximum absolute atomic E-state index is 6.01. The predicted molar refractivity (Wildman–Crippen MR) is 86.9 cm³/mol. The average Bonchev–Trinajstić information content (AvgIpc) is 2.71. The molecule has 1 saturated heterocycles. The van der Waals surface area contributed by atoms with E-state index in [1.807, 2.05) is 0 Å². The Bertz CT molecular complexity index is 374. The van der Waals surface area contributed by atoms with Crippen molar-refractivity contribution in [3.8, 4) is 0 Å². The third-order valence-corrected chi connectivity index (χ3v) is 4.84. The molecule has 2 N–H and O–H groups in total. The first kappa shape index (κ1) is 15.5. The molecule has 1 aromatic rings. The first-order valence-corrected chi connectivity index (χ1v) is 8.18. The van der Waals surface area contributed by atoms with E-state index in [0.29, 0.717) is 5.92 Å². The number of hydrogen-bond donors (Lipinski definition) is 1. The van der Waals surface area contributed by atoms with E-state index >= 15 is 0 Å². The van der Waals surface area contributed by atoms with Crippen LogP contribution in [0.4, 0.5) is 0 Å². The van der Waals surface area contributed by atoms with E-state index in [4.69, 9.17) is 5.73 Å². The number of hydrogen-bond acceptors (Lipinski definition) is 2. The van der Waals surface area contributed by atoms with Gasteiger partial charge in [0.15, 0.2) is 0 Å². The standard InChI is InChI=1S/C18H30N2/c1-15(2)16-9-6-11-20(12-10-16)14-18(13-19)17-7-4-3-5-8-17/h3-5,7-8,15-16,18H,6,9-14,19H2,1-2H3. The van der Waals surface area contributed by atoms with Gasteiger partial charge in [-0.25, -0.2) is 0 Å². The van der Waals surface area contributed by atoms with Crippen LogP contribution in [0, 0.1) is 11.8 Å². The molecule has 112 valence electrons. The summed E-state index contributed by atoms with van der Waals surface area (Å²) in [4.78, 5) is 2.63. The minimum atomic E-state index is 0.479. The molecule has 1 aliphatic heterocycles. The summed E-state index contributed by atoms with van der Waals surface area (Å²) >= 11 is 0. The van der Waals surface area contributed by atoms with Gasteiger partial charge in [0.1, 0.15) is 0 Å². The fourth-order valence-electron chi connectivity index (χ4n) is 3.38. The largest absolute Gasteiger partial charge is 0.330 e. The molecule has 1 aromatic carbocycles. The predicted octanol–water partition coefficient (Wildman–Crippen LogP) is 3.49. The second kappa shape index (κ2) is 7.80. The highest BCUT2D eigenvalue weighted by Crippen LogP contribution is 2.26. The third-order valence-electron chi connectivity index (χ3n) is 4.84. The summed E-state index contributed by atoms with van der Waals surface area (Å²) in [6.45, 7) is 9.08. The van der Waals surface area contributed by atoms with E-state index in [2.05, 4.69) is 49.1 Å².